The van der Waals surface area contributed by atoms with Crippen LogP contribution in [0.2, 0.25) is 0 Å². The summed E-state index contributed by atoms with van der Waals surface area (Å²) in [5.74, 6) is 0.128. The van der Waals surface area contributed by atoms with Gasteiger partial charge in [0.1, 0.15) is 0 Å². The van der Waals surface area contributed by atoms with Crippen LogP contribution >= 0.6 is 0 Å². The summed E-state index contributed by atoms with van der Waals surface area (Å²) in [5, 5.41) is 0. The van der Waals surface area contributed by atoms with Gasteiger partial charge in [-0.2, -0.15) is 0 Å². The summed E-state index contributed by atoms with van der Waals surface area (Å²) in [6.45, 7) is 1.32. The number of rotatable bonds is 0. The second-order valence-electron chi connectivity index (χ2n) is 4.41. The molecule has 60 valence electrons. The molecular formula is C11H16. The van der Waals surface area contributed by atoms with E-state index in [0.717, 1.165) is 31.3 Å². The van der Waals surface area contributed by atoms with Gasteiger partial charge >= 0.3 is 0 Å². The molecule has 0 radical (unpaired) electrons. The van der Waals surface area contributed by atoms with Crippen molar-refractivity contribution >= 4 is 0 Å². The van der Waals surface area contributed by atoms with Crippen LogP contribution in [0.25, 0.3) is 0 Å². The zero-order valence-electron chi connectivity index (χ0n) is 9.77. The lowest BCUT2D eigenvalue weighted by Gasteiger charge is -2.51. The van der Waals surface area contributed by atoms with Gasteiger partial charge in [-0.05, 0) is 55.7 Å². The summed E-state index contributed by atoms with van der Waals surface area (Å²) in [6, 6.07) is 0. The van der Waals surface area contributed by atoms with Crippen LogP contribution in [-0.4, -0.2) is 0 Å². The van der Waals surface area contributed by atoms with Gasteiger partial charge in [0.2, 0.25) is 0 Å². The number of allylic oxidation sites excluding steroid dienone is 1. The normalized spacial score (nSPS) is 70.5. The van der Waals surface area contributed by atoms with E-state index in [1.165, 1.54) is 13.0 Å². The summed E-state index contributed by atoms with van der Waals surface area (Å²) < 4.78 is 24.2. The van der Waals surface area contributed by atoms with Crippen molar-refractivity contribution in [2.75, 3.05) is 0 Å². The zero-order valence-corrected chi connectivity index (χ0v) is 6.77. The molecule has 4 aliphatic rings. The van der Waals surface area contributed by atoms with Crippen molar-refractivity contribution in [2.24, 2.45) is 23.6 Å². The standard InChI is InChI=1S/C11H16/c1-7-10-3-8-2-9(5-10)6-11(7)4-8/h8-11H,1-6H2/i1T,10T,11T. The highest BCUT2D eigenvalue weighted by molar-refractivity contribution is 5.16. The lowest BCUT2D eigenvalue weighted by Crippen LogP contribution is -2.39. The Balaban J connectivity index is 2.10. The molecule has 0 saturated heterocycles. The molecule has 0 atom stereocenters. The van der Waals surface area contributed by atoms with Gasteiger partial charge < -0.3 is 0 Å². The van der Waals surface area contributed by atoms with Crippen molar-refractivity contribution in [1.82, 2.24) is 0 Å². The summed E-state index contributed by atoms with van der Waals surface area (Å²) in [4.78, 5) is 0. The molecule has 0 aliphatic heterocycles. The zero-order chi connectivity index (χ0) is 9.97. The van der Waals surface area contributed by atoms with E-state index in [1.54, 1.807) is 0 Å². The first kappa shape index (κ1) is 4.11. The van der Waals surface area contributed by atoms with Crippen molar-refractivity contribution < 1.29 is 4.11 Å². The van der Waals surface area contributed by atoms with E-state index >= 15 is 0 Å². The molecule has 4 rings (SSSR count). The van der Waals surface area contributed by atoms with Crippen molar-refractivity contribution in [3.05, 3.63) is 12.1 Å². The van der Waals surface area contributed by atoms with E-state index in [4.69, 9.17) is 4.11 Å². The van der Waals surface area contributed by atoms with Crippen LogP contribution in [0.1, 0.15) is 36.2 Å². The Labute approximate surface area is 72.9 Å². The third-order valence-electron chi connectivity index (χ3n) is 3.57. The molecule has 4 bridgehead atoms. The minimum absolute atomic E-state index is 0.534. The van der Waals surface area contributed by atoms with Crippen LogP contribution in [0.5, 0.6) is 0 Å². The predicted octanol–water partition coefficient (Wildman–Crippen LogP) is 3.00. The maximum atomic E-state index is 8.39. The summed E-state index contributed by atoms with van der Waals surface area (Å²) >= 11 is 0. The quantitative estimate of drug-likeness (QED) is 0.470. The van der Waals surface area contributed by atoms with Crippen LogP contribution in [0, 0.1) is 23.6 Å². The summed E-state index contributed by atoms with van der Waals surface area (Å²) in [5.41, 5.74) is 0.803. The molecule has 4 saturated carbocycles. The van der Waals surface area contributed by atoms with Crippen molar-refractivity contribution in [2.45, 2.75) is 32.1 Å². The Kier molecular flexibility index (Phi) is 0.714. The monoisotopic (exact) mass is 154 g/mol. The molecule has 4 fully saturated rings. The van der Waals surface area contributed by atoms with Crippen LogP contribution in [0.4, 0.5) is 0 Å². The average Bonchev–Trinajstić information content (AvgIpc) is 1.97. The van der Waals surface area contributed by atoms with Crippen LogP contribution in [0.3, 0.4) is 0 Å². The molecule has 4 aliphatic carbocycles. The fourth-order valence-electron chi connectivity index (χ4n) is 3.20. The number of hydrogen-bond donors (Lipinski definition) is 0. The molecule has 0 N–H and O–H groups in total. The van der Waals surface area contributed by atoms with Crippen molar-refractivity contribution in [3.8, 4) is 0 Å². The van der Waals surface area contributed by atoms with Gasteiger partial charge in [-0.15, -0.1) is 0 Å². The van der Waals surface area contributed by atoms with E-state index < -0.39 is 11.8 Å². The molecule has 0 spiro atoms. The minimum atomic E-state index is -0.534. The first-order valence-electron chi connectivity index (χ1n) is 6.23. The molecule has 0 amide bonds. The minimum Gasteiger partial charge on any atom is -0.0993 e. The molecule has 0 unspecified atom stereocenters. The largest absolute Gasteiger partial charge is 0.0993 e. The first-order chi connectivity index (χ1) is 6.56. The van der Waals surface area contributed by atoms with Crippen LogP contribution in [0.15, 0.2) is 12.1 Å². The average molecular weight is 154 g/mol. The molecule has 0 heteroatoms. The fraction of sp³-hybridized carbons (Fsp3) is 0.818. The lowest BCUT2D eigenvalue weighted by atomic mass is 9.54. The first-order valence-corrected chi connectivity index (χ1v) is 4.65. The van der Waals surface area contributed by atoms with Gasteiger partial charge in [0, 0.05) is 2.74 Å². The fourth-order valence-corrected chi connectivity index (χ4v) is 3.20. The summed E-state index contributed by atoms with van der Waals surface area (Å²) in [6.07, 6.45) is 4.89. The van der Waals surface area contributed by atoms with Crippen LogP contribution in [-0.2, 0) is 0 Å². The van der Waals surface area contributed by atoms with Gasteiger partial charge in [0.05, 0.1) is 1.37 Å². The summed E-state index contributed by atoms with van der Waals surface area (Å²) in [7, 11) is 0. The van der Waals surface area contributed by atoms with E-state index in [0.29, 0.717) is 11.8 Å². The molecule has 0 heterocycles. The van der Waals surface area contributed by atoms with E-state index in [1.807, 2.05) is 0 Å². The Morgan fingerprint density at radius 2 is 1.64 bits per heavy atom. The van der Waals surface area contributed by atoms with Crippen LogP contribution < -0.4 is 0 Å². The maximum absolute atomic E-state index is 8.39. The Bertz CT molecular complexity index is 270. The Hall–Kier alpha value is -0.260. The molecular weight excluding hydrogens is 132 g/mol. The van der Waals surface area contributed by atoms with E-state index in [-0.39, 0.29) is 0 Å². The van der Waals surface area contributed by atoms with E-state index in [9.17, 15) is 0 Å². The van der Waals surface area contributed by atoms with Gasteiger partial charge in [-0.1, -0.05) is 12.1 Å². The van der Waals surface area contributed by atoms with Gasteiger partial charge in [0.25, 0.3) is 0 Å². The molecule has 11 heavy (non-hydrogen) atoms. The SMILES string of the molecule is [3H]C=C1C2([3H])CC3CC(C2)CC1([3H])C3. The van der Waals surface area contributed by atoms with Gasteiger partial charge in [-0.25, -0.2) is 0 Å². The molecule has 0 aromatic rings. The highest BCUT2D eigenvalue weighted by Gasteiger charge is 2.43. The van der Waals surface area contributed by atoms with E-state index in [2.05, 4.69) is 0 Å². The molecule has 0 nitrogen and oxygen atoms in total. The molecule has 0 aromatic carbocycles. The van der Waals surface area contributed by atoms with Gasteiger partial charge in [0.15, 0.2) is 0 Å². The topological polar surface area (TPSA) is 0 Å². The maximum Gasteiger partial charge on any atom is 0.0537 e. The third kappa shape index (κ3) is 0.758. The highest BCUT2D eigenvalue weighted by atomic mass is 14.5. The second kappa shape index (κ2) is 1.91. The highest BCUT2D eigenvalue weighted by Crippen LogP contribution is 2.55. The van der Waals surface area contributed by atoms with Crippen molar-refractivity contribution in [3.63, 3.8) is 0 Å². The smallest absolute Gasteiger partial charge is 0.0537 e. The van der Waals surface area contributed by atoms with Gasteiger partial charge in [-0.3, -0.25) is 0 Å². The van der Waals surface area contributed by atoms with Crippen molar-refractivity contribution in [1.29, 1.82) is 0 Å². The predicted molar refractivity (Wildman–Crippen MR) is 46.2 cm³/mol. The lowest BCUT2D eigenvalue weighted by molar-refractivity contribution is 0.0703. The Morgan fingerprint density at radius 1 is 1.09 bits per heavy atom. The Morgan fingerprint density at radius 3 is 2.09 bits per heavy atom. The third-order valence-corrected chi connectivity index (χ3v) is 3.57. The molecule has 0 aromatic heterocycles. The number of hydrogen-bond acceptors (Lipinski definition) is 0. The second-order valence-corrected chi connectivity index (χ2v) is 4.41.